The molecule has 0 aliphatic carbocycles. The molecule has 0 saturated heterocycles. The summed E-state index contributed by atoms with van der Waals surface area (Å²) in [6.45, 7) is 23.8. The van der Waals surface area contributed by atoms with Gasteiger partial charge in [0.25, 0.3) is 11.4 Å². The highest BCUT2D eigenvalue weighted by atomic mass is 32.1. The van der Waals surface area contributed by atoms with Crippen LogP contribution in [0.3, 0.4) is 0 Å². The van der Waals surface area contributed by atoms with Crippen LogP contribution in [-0.2, 0) is 12.8 Å². The minimum Gasteiger partial charge on any atom is -0.227 e. The van der Waals surface area contributed by atoms with E-state index in [4.69, 9.17) is 13.1 Å². The molecule has 0 saturated carbocycles. The second kappa shape index (κ2) is 16.2. The van der Waals surface area contributed by atoms with Gasteiger partial charge in [-0.3, -0.25) is 0 Å². The Bertz CT molecular complexity index is 1660. The molecule has 4 aromatic heterocycles. The zero-order valence-corrected chi connectivity index (χ0v) is 29.2. The Morgan fingerprint density at radius 2 is 1.14 bits per heavy atom. The monoisotopic (exact) mass is 654 g/mol. The van der Waals surface area contributed by atoms with Gasteiger partial charge in [0.1, 0.15) is 0 Å². The lowest BCUT2D eigenvalue weighted by Gasteiger charge is -2.14. The van der Waals surface area contributed by atoms with E-state index in [1.807, 2.05) is 22.7 Å². The molecule has 0 fully saturated rings. The quantitative estimate of drug-likeness (QED) is 0.0946. The Labute approximate surface area is 278 Å². The van der Waals surface area contributed by atoms with Crippen molar-refractivity contribution < 1.29 is 0 Å². The first-order chi connectivity index (χ1) is 21.4. The lowest BCUT2D eigenvalue weighted by Crippen LogP contribution is -2.03. The van der Waals surface area contributed by atoms with Crippen LogP contribution in [0.15, 0.2) is 23.5 Å². The number of nitrogens with zero attached hydrogens (tertiary/aromatic N) is 4. The maximum absolute atomic E-state index is 9.46. The molecular weight excluding hydrogens is 617 g/mol. The molecule has 4 aromatic rings. The molecule has 0 spiro atoms. The normalized spacial score (nSPS) is 13.5. The van der Waals surface area contributed by atoms with Gasteiger partial charge in [-0.2, -0.15) is 0 Å². The van der Waals surface area contributed by atoms with Crippen molar-refractivity contribution in [2.24, 2.45) is 11.8 Å². The molecule has 8 heteroatoms. The van der Waals surface area contributed by atoms with Crippen LogP contribution in [0.2, 0.25) is 0 Å². The van der Waals surface area contributed by atoms with E-state index in [1.54, 1.807) is 34.8 Å². The summed E-state index contributed by atoms with van der Waals surface area (Å²) in [6, 6.07) is 8.69. The standard InChI is InChI=1S/C36H38N4S4/c1-7-11-13-23(9-3)15-27-29(17-25(21-37)39-5)41-33-19-31(43-35(27)33)32-20-34-36(44-32)28(16-24(10-4)14-12-8-2)30(42-34)18-26(22-38)40-6/h17-20,23-24H,7-16H2,1-4H3/b25-17-,26-18+. The largest absolute Gasteiger partial charge is 0.263 e. The van der Waals surface area contributed by atoms with Crippen LogP contribution in [0.25, 0.3) is 50.4 Å². The van der Waals surface area contributed by atoms with E-state index in [1.165, 1.54) is 78.2 Å². The van der Waals surface area contributed by atoms with E-state index in [-0.39, 0.29) is 11.4 Å². The molecule has 0 amide bonds. The van der Waals surface area contributed by atoms with Gasteiger partial charge in [0.05, 0.1) is 25.3 Å². The summed E-state index contributed by atoms with van der Waals surface area (Å²) in [5.41, 5.74) is 2.86. The molecule has 0 N–H and O–H groups in total. The molecule has 2 unspecified atom stereocenters. The number of hydrogen-bond donors (Lipinski definition) is 0. The van der Waals surface area contributed by atoms with Gasteiger partial charge in [-0.15, -0.1) is 45.3 Å². The van der Waals surface area contributed by atoms with Crippen molar-refractivity contribution in [1.82, 2.24) is 0 Å². The van der Waals surface area contributed by atoms with Crippen molar-refractivity contribution in [3.05, 3.63) is 67.2 Å². The third-order valence-corrected chi connectivity index (χ3v) is 13.4. The first-order valence-electron chi connectivity index (χ1n) is 15.5. The van der Waals surface area contributed by atoms with Crippen molar-refractivity contribution in [3.8, 4) is 21.9 Å². The van der Waals surface area contributed by atoms with Crippen LogP contribution < -0.4 is 0 Å². The summed E-state index contributed by atoms with van der Waals surface area (Å²) in [6.07, 6.45) is 14.9. The highest BCUT2D eigenvalue weighted by Crippen LogP contribution is 2.49. The predicted octanol–water partition coefficient (Wildman–Crippen LogP) is 13.0. The number of allylic oxidation sites excluding steroid dienone is 2. The summed E-state index contributed by atoms with van der Waals surface area (Å²) >= 11 is 7.07. The number of hydrogen-bond acceptors (Lipinski definition) is 6. The van der Waals surface area contributed by atoms with E-state index in [0.29, 0.717) is 11.8 Å². The third kappa shape index (κ3) is 7.69. The molecule has 0 aliphatic heterocycles. The number of rotatable bonds is 15. The van der Waals surface area contributed by atoms with Gasteiger partial charge in [0, 0.05) is 38.3 Å². The minimum atomic E-state index is 0.139. The van der Waals surface area contributed by atoms with Gasteiger partial charge in [0.2, 0.25) is 0 Å². The van der Waals surface area contributed by atoms with Gasteiger partial charge in [-0.1, -0.05) is 79.1 Å². The summed E-state index contributed by atoms with van der Waals surface area (Å²) in [5.74, 6) is 1.16. The average molecular weight is 655 g/mol. The highest BCUT2D eigenvalue weighted by Gasteiger charge is 2.22. The zero-order chi connectivity index (χ0) is 31.6. The van der Waals surface area contributed by atoms with Crippen LogP contribution in [0.5, 0.6) is 0 Å². The lowest BCUT2D eigenvalue weighted by molar-refractivity contribution is 0.450. The van der Waals surface area contributed by atoms with Crippen LogP contribution in [0.4, 0.5) is 0 Å². The highest BCUT2D eigenvalue weighted by molar-refractivity contribution is 7.34. The smallest absolute Gasteiger partial charge is 0.227 e. The van der Waals surface area contributed by atoms with E-state index in [0.717, 1.165) is 35.4 Å². The second-order valence-electron chi connectivity index (χ2n) is 11.2. The number of unbranched alkanes of at least 4 members (excludes halogenated alkanes) is 2. The summed E-state index contributed by atoms with van der Waals surface area (Å²) in [7, 11) is 0. The molecule has 0 aromatic carbocycles. The van der Waals surface area contributed by atoms with Gasteiger partial charge < -0.3 is 0 Å². The Morgan fingerprint density at radius 3 is 1.45 bits per heavy atom. The van der Waals surface area contributed by atoms with Crippen molar-refractivity contribution in [2.75, 3.05) is 0 Å². The maximum atomic E-state index is 9.46. The molecule has 0 aliphatic rings. The van der Waals surface area contributed by atoms with Crippen molar-refractivity contribution in [3.63, 3.8) is 0 Å². The molecule has 4 nitrogen and oxygen atoms in total. The third-order valence-electron chi connectivity index (χ3n) is 8.30. The van der Waals surface area contributed by atoms with E-state index >= 15 is 0 Å². The minimum absolute atomic E-state index is 0.139. The zero-order valence-electron chi connectivity index (χ0n) is 26.0. The maximum Gasteiger partial charge on any atom is 0.263 e. The number of nitriles is 2. The Balaban J connectivity index is 1.80. The topological polar surface area (TPSA) is 56.3 Å². The van der Waals surface area contributed by atoms with Crippen LogP contribution in [-0.4, -0.2) is 0 Å². The van der Waals surface area contributed by atoms with Crippen molar-refractivity contribution in [1.29, 1.82) is 10.5 Å². The summed E-state index contributed by atoms with van der Waals surface area (Å²) in [4.78, 5) is 11.5. The fraction of sp³-hybridized carbons (Fsp3) is 0.444. The van der Waals surface area contributed by atoms with Crippen LogP contribution >= 0.6 is 45.3 Å². The molecule has 4 rings (SSSR count). The van der Waals surface area contributed by atoms with Gasteiger partial charge in [0.15, 0.2) is 0 Å². The van der Waals surface area contributed by atoms with Gasteiger partial charge in [-0.25, -0.2) is 20.2 Å². The second-order valence-corrected chi connectivity index (χ2v) is 15.5. The SMILES string of the molecule is [C-]#[N+]/C(C#N)=C\c1sc2cc(-c3cc4sc(/C=C(\C#N)[N+]#[C-])c(CC(CC)CCCC)c4s3)sc2c1CC(CC)CCCC. The fourth-order valence-electron chi connectivity index (χ4n) is 5.66. The fourth-order valence-corrected chi connectivity index (χ4v) is 11.0. The van der Waals surface area contributed by atoms with E-state index in [9.17, 15) is 10.5 Å². The molecule has 4 heterocycles. The average Bonchev–Trinajstić information content (AvgIpc) is 3.79. The lowest BCUT2D eigenvalue weighted by atomic mass is 9.92. The number of fused-ring (bicyclic) bond motifs is 2. The van der Waals surface area contributed by atoms with E-state index < -0.39 is 0 Å². The van der Waals surface area contributed by atoms with Crippen molar-refractivity contribution in [2.45, 2.75) is 91.9 Å². The molecule has 0 bridgehead atoms. The Morgan fingerprint density at radius 1 is 0.727 bits per heavy atom. The molecule has 2 atom stereocenters. The molecule has 0 radical (unpaired) electrons. The first kappa shape index (κ1) is 33.6. The van der Waals surface area contributed by atoms with E-state index in [2.05, 4.69) is 61.7 Å². The summed E-state index contributed by atoms with van der Waals surface area (Å²) in [5, 5.41) is 18.9. The predicted molar refractivity (Wildman–Crippen MR) is 193 cm³/mol. The molecular formula is C36H38N4S4. The van der Waals surface area contributed by atoms with Crippen LogP contribution in [0.1, 0.15) is 99.9 Å². The van der Waals surface area contributed by atoms with Gasteiger partial charge in [-0.05, 0) is 60.1 Å². The van der Waals surface area contributed by atoms with Gasteiger partial charge >= 0.3 is 0 Å². The van der Waals surface area contributed by atoms with Crippen molar-refractivity contribution >= 4 is 76.3 Å². The Kier molecular flexibility index (Phi) is 12.4. The Hall–Kier alpha value is -3.24. The molecule has 226 valence electrons. The summed E-state index contributed by atoms with van der Waals surface area (Å²) < 4.78 is 5.02. The molecule has 44 heavy (non-hydrogen) atoms. The van der Waals surface area contributed by atoms with Crippen LogP contribution in [0, 0.1) is 47.6 Å². The first-order valence-corrected chi connectivity index (χ1v) is 18.8. The number of thiophene rings is 4.